The van der Waals surface area contributed by atoms with Crippen LogP contribution in [0.15, 0.2) is 36.4 Å². The molecule has 0 aromatic heterocycles. The predicted octanol–water partition coefficient (Wildman–Crippen LogP) is 3.92. The Kier molecular flexibility index (Phi) is 6.28. The summed E-state index contributed by atoms with van der Waals surface area (Å²) in [6, 6.07) is 14.8. The molecule has 5 rings (SSSR count). The molecule has 1 aliphatic carbocycles. The van der Waals surface area contributed by atoms with Gasteiger partial charge in [0.1, 0.15) is 5.66 Å². The molecule has 6 nitrogen and oxygen atoms in total. The molecule has 2 heterocycles. The Balaban J connectivity index is 1.28. The van der Waals surface area contributed by atoms with Crippen molar-refractivity contribution < 1.29 is 9.84 Å². The van der Waals surface area contributed by atoms with Crippen LogP contribution in [0.4, 0.5) is 11.4 Å². The number of hydrogen-bond donors (Lipinski definition) is 3. The SMILES string of the molecule is CO[C@@H]1CN(C[C@H]2Cc3ccc(C#N)cc3C2)CC[C@H]1C1(CC(C)O)Nc2ccc(C)cc2N1. The van der Waals surface area contributed by atoms with Crippen molar-refractivity contribution in [1.29, 1.82) is 5.26 Å². The molecule has 3 N–H and O–H groups in total. The van der Waals surface area contributed by atoms with Crippen LogP contribution in [0.25, 0.3) is 0 Å². The van der Waals surface area contributed by atoms with Gasteiger partial charge >= 0.3 is 0 Å². The summed E-state index contributed by atoms with van der Waals surface area (Å²) in [6.45, 7) is 6.92. The highest BCUT2D eigenvalue weighted by Gasteiger charge is 2.49. The number of nitrogens with one attached hydrogen (secondary N) is 2. The number of ether oxygens (including phenoxy) is 1. The molecule has 3 aliphatic rings. The second-order valence-electron chi connectivity index (χ2n) is 10.6. The molecule has 0 amide bonds. The molecule has 1 saturated heterocycles. The molecular weight excluding hydrogens is 424 g/mol. The van der Waals surface area contributed by atoms with Crippen molar-refractivity contribution >= 4 is 11.4 Å². The first-order valence-electron chi connectivity index (χ1n) is 12.5. The monoisotopic (exact) mass is 460 g/mol. The average Bonchev–Trinajstić information content (AvgIpc) is 3.38. The van der Waals surface area contributed by atoms with Gasteiger partial charge in [-0.3, -0.25) is 0 Å². The quantitative estimate of drug-likeness (QED) is 0.606. The molecule has 0 saturated carbocycles. The zero-order valence-corrected chi connectivity index (χ0v) is 20.5. The van der Waals surface area contributed by atoms with Crippen molar-refractivity contribution in [2.24, 2.45) is 11.8 Å². The van der Waals surface area contributed by atoms with Crippen molar-refractivity contribution in [2.45, 2.75) is 57.4 Å². The van der Waals surface area contributed by atoms with Crippen LogP contribution < -0.4 is 10.6 Å². The summed E-state index contributed by atoms with van der Waals surface area (Å²) in [4.78, 5) is 2.55. The smallest absolute Gasteiger partial charge is 0.116 e. The molecule has 0 bridgehead atoms. The summed E-state index contributed by atoms with van der Waals surface area (Å²) >= 11 is 0. The lowest BCUT2D eigenvalue weighted by Gasteiger charge is -2.48. The molecule has 180 valence electrons. The number of hydrogen-bond acceptors (Lipinski definition) is 6. The number of aliphatic hydroxyl groups is 1. The van der Waals surface area contributed by atoms with E-state index in [2.05, 4.69) is 58.9 Å². The third kappa shape index (κ3) is 4.40. The summed E-state index contributed by atoms with van der Waals surface area (Å²) in [7, 11) is 1.82. The third-order valence-corrected chi connectivity index (χ3v) is 7.96. The number of likely N-dealkylation sites (tertiary alicyclic amines) is 1. The Morgan fingerprint density at radius 1 is 1.18 bits per heavy atom. The van der Waals surface area contributed by atoms with Crippen LogP contribution in [0.2, 0.25) is 0 Å². The molecule has 2 aliphatic heterocycles. The van der Waals surface area contributed by atoms with Crippen molar-refractivity contribution in [3.05, 3.63) is 58.7 Å². The summed E-state index contributed by atoms with van der Waals surface area (Å²) in [5.74, 6) is 0.814. The minimum atomic E-state index is -0.429. The maximum absolute atomic E-state index is 10.4. The van der Waals surface area contributed by atoms with Gasteiger partial charge in [0.2, 0.25) is 0 Å². The molecule has 2 aromatic rings. The largest absolute Gasteiger partial charge is 0.393 e. The van der Waals surface area contributed by atoms with Crippen molar-refractivity contribution in [2.75, 3.05) is 37.4 Å². The summed E-state index contributed by atoms with van der Waals surface area (Å²) in [5.41, 5.74) is 6.50. The van der Waals surface area contributed by atoms with Crippen molar-refractivity contribution in [3.8, 4) is 6.07 Å². The first-order valence-corrected chi connectivity index (χ1v) is 12.5. The minimum Gasteiger partial charge on any atom is -0.393 e. The number of nitriles is 1. The number of nitrogens with zero attached hydrogens (tertiary/aromatic N) is 2. The van der Waals surface area contributed by atoms with Crippen LogP contribution >= 0.6 is 0 Å². The maximum atomic E-state index is 10.4. The van der Waals surface area contributed by atoms with Gasteiger partial charge in [-0.15, -0.1) is 0 Å². The van der Waals surface area contributed by atoms with E-state index in [1.807, 2.05) is 20.1 Å². The fourth-order valence-corrected chi connectivity index (χ4v) is 6.51. The zero-order chi connectivity index (χ0) is 23.9. The topological polar surface area (TPSA) is 80.5 Å². The molecule has 5 atom stereocenters. The molecule has 0 spiro atoms. The van der Waals surface area contributed by atoms with Crippen LogP contribution in [0.3, 0.4) is 0 Å². The summed E-state index contributed by atoms with van der Waals surface area (Å²) in [6.07, 6.45) is 3.38. The van der Waals surface area contributed by atoms with Crippen LogP contribution in [0.1, 0.15) is 42.0 Å². The zero-order valence-electron chi connectivity index (χ0n) is 20.5. The molecule has 6 heteroatoms. The molecule has 1 fully saturated rings. The van der Waals surface area contributed by atoms with E-state index in [0.29, 0.717) is 12.3 Å². The molecular formula is C28H36N4O2. The first kappa shape index (κ1) is 23.2. The van der Waals surface area contributed by atoms with E-state index in [-0.39, 0.29) is 12.0 Å². The molecule has 0 radical (unpaired) electrons. The fourth-order valence-electron chi connectivity index (χ4n) is 6.51. The third-order valence-electron chi connectivity index (χ3n) is 7.96. The Bertz CT molecular complexity index is 1090. The van der Waals surface area contributed by atoms with Gasteiger partial charge in [0.05, 0.1) is 35.2 Å². The lowest BCUT2D eigenvalue weighted by Crippen LogP contribution is -2.60. The highest BCUT2D eigenvalue weighted by Crippen LogP contribution is 2.44. The number of aryl methyl sites for hydroxylation is 1. The Hall–Kier alpha value is -2.59. The number of methoxy groups -OCH3 is 1. The summed E-state index contributed by atoms with van der Waals surface area (Å²) < 4.78 is 6.09. The fraction of sp³-hybridized carbons (Fsp3) is 0.536. The van der Waals surface area contributed by atoms with E-state index in [1.165, 1.54) is 16.7 Å². The Morgan fingerprint density at radius 3 is 2.74 bits per heavy atom. The molecule has 2 aromatic carbocycles. The van der Waals surface area contributed by atoms with Crippen LogP contribution in [-0.4, -0.2) is 54.6 Å². The second-order valence-corrected chi connectivity index (χ2v) is 10.6. The van der Waals surface area contributed by atoms with Gasteiger partial charge < -0.3 is 25.4 Å². The second kappa shape index (κ2) is 9.22. The normalized spacial score (nSPS) is 29.0. The highest BCUT2D eigenvalue weighted by molar-refractivity contribution is 5.77. The van der Waals surface area contributed by atoms with E-state index in [4.69, 9.17) is 4.74 Å². The number of rotatable bonds is 6. The van der Waals surface area contributed by atoms with Gasteiger partial charge in [0.25, 0.3) is 0 Å². The van der Waals surface area contributed by atoms with Gasteiger partial charge in [0.15, 0.2) is 0 Å². The van der Waals surface area contributed by atoms with Crippen LogP contribution in [-0.2, 0) is 17.6 Å². The van der Waals surface area contributed by atoms with E-state index >= 15 is 0 Å². The molecule has 34 heavy (non-hydrogen) atoms. The van der Waals surface area contributed by atoms with Gasteiger partial charge in [-0.25, -0.2) is 0 Å². The average molecular weight is 461 g/mol. The Labute approximate surface area is 202 Å². The van der Waals surface area contributed by atoms with Gasteiger partial charge in [0, 0.05) is 32.5 Å². The maximum Gasteiger partial charge on any atom is 0.116 e. The highest BCUT2D eigenvalue weighted by atomic mass is 16.5. The predicted molar refractivity (Wildman–Crippen MR) is 135 cm³/mol. The van der Waals surface area contributed by atoms with E-state index in [9.17, 15) is 10.4 Å². The summed E-state index contributed by atoms with van der Waals surface area (Å²) in [5, 5.41) is 27.2. The van der Waals surface area contributed by atoms with E-state index in [0.717, 1.165) is 55.8 Å². The number of aliphatic hydroxyl groups excluding tert-OH is 1. The van der Waals surface area contributed by atoms with Crippen LogP contribution in [0.5, 0.6) is 0 Å². The lowest BCUT2D eigenvalue weighted by molar-refractivity contribution is -0.0398. The lowest BCUT2D eigenvalue weighted by atomic mass is 9.79. The minimum absolute atomic E-state index is 0.0666. The first-order chi connectivity index (χ1) is 16.4. The number of fused-ring (bicyclic) bond motifs is 2. The van der Waals surface area contributed by atoms with Gasteiger partial charge in [-0.1, -0.05) is 12.1 Å². The van der Waals surface area contributed by atoms with Crippen molar-refractivity contribution in [1.82, 2.24) is 4.90 Å². The van der Waals surface area contributed by atoms with Gasteiger partial charge in [-0.2, -0.15) is 5.26 Å². The number of benzene rings is 2. The van der Waals surface area contributed by atoms with Crippen molar-refractivity contribution in [3.63, 3.8) is 0 Å². The standard InChI is InChI=1S/C28H36N4O2/c1-18-4-7-25-26(10-18)31-28(30-25,14-19(2)33)24-8-9-32(17-27(24)34-3)16-21-12-22-6-5-20(15-29)11-23(22)13-21/h4-7,10-11,19,21,24,27,30-31,33H,8-9,12-14,16-17H2,1-3H3/t19?,21-,24+,27+,28?/m0/s1. The van der Waals surface area contributed by atoms with Crippen LogP contribution in [0, 0.1) is 30.1 Å². The number of piperidine rings is 1. The Morgan fingerprint density at radius 2 is 1.97 bits per heavy atom. The van der Waals surface area contributed by atoms with Gasteiger partial charge in [-0.05, 0) is 86.5 Å². The molecule has 2 unspecified atom stereocenters. The van der Waals surface area contributed by atoms with E-state index < -0.39 is 11.8 Å². The van der Waals surface area contributed by atoms with E-state index in [1.54, 1.807) is 0 Å². The number of anilines is 2.